The molecule has 10 heteroatoms. The third-order valence-electron chi connectivity index (χ3n) is 4.85. The van der Waals surface area contributed by atoms with Crippen molar-refractivity contribution in [3.63, 3.8) is 0 Å². The molecule has 144 valence electrons. The Morgan fingerprint density at radius 1 is 1.31 bits per heavy atom. The minimum absolute atomic E-state index is 0.0822. The number of hydrogen-bond donors (Lipinski definition) is 2. The molecule has 1 amide bonds. The van der Waals surface area contributed by atoms with Crippen LogP contribution in [0, 0.1) is 5.92 Å². The van der Waals surface area contributed by atoms with Crippen molar-refractivity contribution in [1.29, 1.82) is 0 Å². The van der Waals surface area contributed by atoms with Crippen LogP contribution < -0.4 is 5.32 Å². The highest BCUT2D eigenvalue weighted by molar-refractivity contribution is 7.89. The minimum atomic E-state index is -3.91. The summed E-state index contributed by atoms with van der Waals surface area (Å²) in [6.07, 6.45) is 1.55. The number of furan rings is 1. The van der Waals surface area contributed by atoms with Crippen LogP contribution in [0.5, 0.6) is 0 Å². The van der Waals surface area contributed by atoms with Gasteiger partial charge in [0, 0.05) is 25.6 Å². The Morgan fingerprint density at radius 2 is 2.00 bits per heavy atom. The number of amides is 1. The van der Waals surface area contributed by atoms with Gasteiger partial charge in [0.1, 0.15) is 0 Å². The number of sulfonamides is 1. The molecule has 2 saturated heterocycles. The van der Waals surface area contributed by atoms with Gasteiger partial charge in [-0.3, -0.25) is 4.79 Å². The van der Waals surface area contributed by atoms with E-state index in [1.165, 1.54) is 4.31 Å². The average molecular weight is 386 g/mol. The monoisotopic (exact) mass is 386 g/mol. The van der Waals surface area contributed by atoms with Gasteiger partial charge in [0.25, 0.3) is 10.0 Å². The fraction of sp³-hybridized carbons (Fsp3) is 0.625. The van der Waals surface area contributed by atoms with Crippen LogP contribution in [-0.4, -0.2) is 61.5 Å². The smallest absolute Gasteiger partial charge is 0.371 e. The fourth-order valence-electron chi connectivity index (χ4n) is 3.22. The Kier molecular flexibility index (Phi) is 5.09. The second kappa shape index (κ2) is 7.01. The first-order chi connectivity index (χ1) is 12.2. The predicted octanol–water partition coefficient (Wildman–Crippen LogP) is 0.674. The summed E-state index contributed by atoms with van der Waals surface area (Å²) in [5.74, 6) is -2.10. The van der Waals surface area contributed by atoms with E-state index in [1.807, 2.05) is 6.92 Å². The van der Waals surface area contributed by atoms with Crippen LogP contribution in [0.15, 0.2) is 21.6 Å². The van der Waals surface area contributed by atoms with Crippen LogP contribution in [0.25, 0.3) is 0 Å². The van der Waals surface area contributed by atoms with Crippen LogP contribution in [0.4, 0.5) is 0 Å². The van der Waals surface area contributed by atoms with E-state index < -0.39 is 26.8 Å². The van der Waals surface area contributed by atoms with E-state index in [0.29, 0.717) is 26.1 Å². The zero-order valence-electron chi connectivity index (χ0n) is 14.4. The van der Waals surface area contributed by atoms with Crippen molar-refractivity contribution >= 4 is 21.9 Å². The van der Waals surface area contributed by atoms with Gasteiger partial charge in [-0.2, -0.15) is 4.31 Å². The zero-order chi connectivity index (χ0) is 18.9. The first kappa shape index (κ1) is 18.9. The molecule has 0 radical (unpaired) electrons. The highest BCUT2D eigenvalue weighted by Crippen LogP contribution is 2.26. The van der Waals surface area contributed by atoms with Gasteiger partial charge in [0.2, 0.25) is 16.8 Å². The molecule has 0 spiro atoms. The lowest BCUT2D eigenvalue weighted by atomic mass is 9.94. The molecule has 0 bridgehead atoms. The van der Waals surface area contributed by atoms with Gasteiger partial charge in [-0.15, -0.1) is 0 Å². The maximum absolute atomic E-state index is 12.6. The number of carboxylic acid groups (broad SMARTS) is 1. The Hall–Kier alpha value is -1.91. The standard InChI is InChI=1S/C16H22N2O7S/c1-16(6-9-24-10-16)17-14(19)11-4-7-18(8-5-11)26(22,23)13-3-2-12(25-13)15(20)21/h2-3,11H,4-10H2,1H3,(H,17,19)(H,20,21). The molecule has 1 aromatic rings. The van der Waals surface area contributed by atoms with Crippen molar-refractivity contribution < 1.29 is 32.3 Å². The largest absolute Gasteiger partial charge is 0.475 e. The summed E-state index contributed by atoms with van der Waals surface area (Å²) in [5, 5.41) is 11.5. The number of piperidine rings is 1. The quantitative estimate of drug-likeness (QED) is 0.762. The van der Waals surface area contributed by atoms with E-state index in [9.17, 15) is 18.0 Å². The number of ether oxygens (including phenoxy) is 1. The van der Waals surface area contributed by atoms with Gasteiger partial charge < -0.3 is 19.6 Å². The van der Waals surface area contributed by atoms with Crippen molar-refractivity contribution in [2.24, 2.45) is 5.92 Å². The summed E-state index contributed by atoms with van der Waals surface area (Å²) < 4.78 is 36.6. The molecular formula is C16H22N2O7S. The molecule has 2 fully saturated rings. The number of aromatic carboxylic acids is 1. The lowest BCUT2D eigenvalue weighted by Crippen LogP contribution is -2.51. The van der Waals surface area contributed by atoms with Gasteiger partial charge >= 0.3 is 5.97 Å². The lowest BCUT2D eigenvalue weighted by Gasteiger charge is -2.32. The maximum atomic E-state index is 12.6. The summed E-state index contributed by atoms with van der Waals surface area (Å²) in [5.41, 5.74) is -0.359. The second-order valence-electron chi connectivity index (χ2n) is 6.95. The van der Waals surface area contributed by atoms with Crippen molar-refractivity contribution in [3.05, 3.63) is 17.9 Å². The van der Waals surface area contributed by atoms with Crippen LogP contribution in [0.2, 0.25) is 0 Å². The van der Waals surface area contributed by atoms with E-state index in [2.05, 4.69) is 5.32 Å². The van der Waals surface area contributed by atoms with Crippen molar-refractivity contribution in [1.82, 2.24) is 9.62 Å². The number of carboxylic acids is 1. The van der Waals surface area contributed by atoms with E-state index >= 15 is 0 Å². The summed E-state index contributed by atoms with van der Waals surface area (Å²) in [6.45, 7) is 3.40. The van der Waals surface area contributed by atoms with Crippen LogP contribution >= 0.6 is 0 Å². The summed E-state index contributed by atoms with van der Waals surface area (Å²) >= 11 is 0. The maximum Gasteiger partial charge on any atom is 0.371 e. The number of carbonyl (C=O) groups excluding carboxylic acids is 1. The SMILES string of the molecule is CC1(NC(=O)C2CCN(S(=O)(=O)c3ccc(C(=O)O)o3)CC2)CCOC1. The molecule has 26 heavy (non-hydrogen) atoms. The van der Waals surface area contributed by atoms with Crippen molar-refractivity contribution in [3.8, 4) is 0 Å². The van der Waals surface area contributed by atoms with Crippen molar-refractivity contribution in [2.45, 2.75) is 36.8 Å². The average Bonchev–Trinajstić information content (AvgIpc) is 3.24. The third-order valence-corrected chi connectivity index (χ3v) is 6.63. The Labute approximate surface area is 151 Å². The topological polar surface area (TPSA) is 126 Å². The molecule has 2 aliphatic rings. The Balaban J connectivity index is 1.60. The minimum Gasteiger partial charge on any atom is -0.475 e. The van der Waals surface area contributed by atoms with E-state index in [1.54, 1.807) is 0 Å². The zero-order valence-corrected chi connectivity index (χ0v) is 15.3. The van der Waals surface area contributed by atoms with E-state index in [4.69, 9.17) is 14.3 Å². The number of rotatable bonds is 5. The number of hydrogen-bond acceptors (Lipinski definition) is 6. The molecule has 0 saturated carbocycles. The fourth-order valence-corrected chi connectivity index (χ4v) is 4.61. The Morgan fingerprint density at radius 3 is 2.54 bits per heavy atom. The van der Waals surface area contributed by atoms with E-state index in [0.717, 1.165) is 18.6 Å². The highest BCUT2D eigenvalue weighted by atomic mass is 32.2. The van der Waals surface area contributed by atoms with Crippen molar-refractivity contribution in [2.75, 3.05) is 26.3 Å². The molecule has 0 aromatic carbocycles. The van der Waals surface area contributed by atoms with Gasteiger partial charge in [0.15, 0.2) is 0 Å². The molecule has 3 heterocycles. The molecule has 3 rings (SSSR count). The molecular weight excluding hydrogens is 364 g/mol. The van der Waals surface area contributed by atoms with Crippen LogP contribution in [0.3, 0.4) is 0 Å². The highest BCUT2D eigenvalue weighted by Gasteiger charge is 2.37. The van der Waals surface area contributed by atoms with E-state index in [-0.39, 0.29) is 30.5 Å². The van der Waals surface area contributed by atoms with Crippen LogP contribution in [0.1, 0.15) is 36.7 Å². The first-order valence-corrected chi connectivity index (χ1v) is 9.88. The summed E-state index contributed by atoms with van der Waals surface area (Å²) in [4.78, 5) is 23.3. The molecule has 0 aliphatic carbocycles. The number of carbonyl (C=O) groups is 2. The van der Waals surface area contributed by atoms with Gasteiger partial charge in [-0.1, -0.05) is 0 Å². The van der Waals surface area contributed by atoms with Gasteiger partial charge in [0.05, 0.1) is 12.1 Å². The molecule has 1 atom stereocenters. The molecule has 1 unspecified atom stereocenters. The summed E-state index contributed by atoms with van der Waals surface area (Å²) in [7, 11) is -3.91. The number of nitrogens with zero attached hydrogens (tertiary/aromatic N) is 1. The molecule has 1 aromatic heterocycles. The lowest BCUT2D eigenvalue weighted by molar-refractivity contribution is -0.128. The molecule has 2 N–H and O–H groups in total. The normalized spacial score (nSPS) is 25.3. The van der Waals surface area contributed by atoms with Crippen LogP contribution in [-0.2, 0) is 19.6 Å². The predicted molar refractivity (Wildman–Crippen MR) is 89.1 cm³/mol. The third kappa shape index (κ3) is 3.76. The number of nitrogens with one attached hydrogen (secondary N) is 1. The molecule has 9 nitrogen and oxygen atoms in total. The summed E-state index contributed by atoms with van der Waals surface area (Å²) in [6, 6.07) is 2.25. The van der Waals surface area contributed by atoms with Gasteiger partial charge in [-0.05, 0) is 38.3 Å². The van der Waals surface area contributed by atoms with Gasteiger partial charge in [-0.25, -0.2) is 13.2 Å². The Bertz CT molecular complexity index is 787. The molecule has 2 aliphatic heterocycles. The second-order valence-corrected chi connectivity index (χ2v) is 8.82. The first-order valence-electron chi connectivity index (χ1n) is 8.44.